The van der Waals surface area contributed by atoms with Crippen molar-refractivity contribution in [2.75, 3.05) is 6.54 Å². The van der Waals surface area contributed by atoms with E-state index in [0.29, 0.717) is 0 Å². The molecule has 1 fully saturated rings. The van der Waals surface area contributed by atoms with Crippen LogP contribution in [0.25, 0.3) is 0 Å². The second kappa shape index (κ2) is 12.7. The third kappa shape index (κ3) is 5.90. The highest BCUT2D eigenvalue weighted by Gasteiger charge is 2.51. The van der Waals surface area contributed by atoms with Gasteiger partial charge in [-0.1, -0.05) is 54.6 Å². The minimum absolute atomic E-state index is 0. The van der Waals surface area contributed by atoms with Crippen LogP contribution in [-0.2, 0) is 13.6 Å². The molecule has 7 heteroatoms. The van der Waals surface area contributed by atoms with Gasteiger partial charge in [-0.05, 0) is 70.5 Å². The first-order chi connectivity index (χ1) is 16.9. The van der Waals surface area contributed by atoms with Crippen LogP contribution >= 0.6 is 14.7 Å². The Hall–Kier alpha value is -1.67. The predicted octanol–water partition coefficient (Wildman–Crippen LogP) is 3.73. The summed E-state index contributed by atoms with van der Waals surface area (Å²) in [5, 5.41) is 3.76. The molecule has 0 N–H and O–H groups in total. The summed E-state index contributed by atoms with van der Waals surface area (Å²) in [7, 11) is -5.83. The molecule has 1 saturated heterocycles. The van der Waals surface area contributed by atoms with Gasteiger partial charge in [0.25, 0.3) is 0 Å². The van der Waals surface area contributed by atoms with Crippen molar-refractivity contribution < 1.29 is 30.3 Å². The van der Waals surface area contributed by atoms with Crippen LogP contribution in [0.3, 0.4) is 0 Å². The zero-order valence-electron chi connectivity index (χ0n) is 21.7. The average molecular weight is 546 g/mol. The lowest BCUT2D eigenvalue weighted by atomic mass is 10.2. The molecule has 1 atom stereocenters. The minimum atomic E-state index is -3.47. The Bertz CT molecular complexity index is 1080. The van der Waals surface area contributed by atoms with E-state index < -0.39 is 14.7 Å². The maximum Gasteiger partial charge on any atom is 0.397 e. The van der Waals surface area contributed by atoms with E-state index in [9.17, 15) is 4.57 Å². The maximum atomic E-state index is 14.7. The number of hydrogen-bond donors (Lipinski definition) is 0. The normalized spacial score (nSPS) is 16.7. The van der Waals surface area contributed by atoms with E-state index in [1.807, 2.05) is 27.7 Å². The first kappa shape index (κ1) is 28.9. The third-order valence-electron chi connectivity index (χ3n) is 6.30. The van der Waals surface area contributed by atoms with Crippen molar-refractivity contribution in [1.82, 2.24) is 0 Å². The summed E-state index contributed by atoms with van der Waals surface area (Å²) in [6.45, 7) is 8.61. The van der Waals surface area contributed by atoms with Gasteiger partial charge in [-0.3, -0.25) is 4.57 Å². The summed E-state index contributed by atoms with van der Waals surface area (Å²) in [5.74, 6) is -0.324. The highest BCUT2D eigenvalue weighted by molar-refractivity contribution is 7.85. The highest BCUT2D eigenvalue weighted by Crippen LogP contribution is 2.61. The number of hydrogen-bond acceptors (Lipinski definition) is 3. The van der Waals surface area contributed by atoms with Gasteiger partial charge in [0.1, 0.15) is 6.54 Å². The van der Waals surface area contributed by atoms with Crippen molar-refractivity contribution in [1.29, 1.82) is 0 Å². The summed E-state index contributed by atoms with van der Waals surface area (Å²) in [5.41, 5.74) is 0. The molecule has 1 heterocycles. The maximum absolute atomic E-state index is 14.7. The molecular weight excluding hydrogens is 508 g/mol. The molecule has 0 aromatic heterocycles. The smallest absolute Gasteiger partial charge is 0.397 e. The van der Waals surface area contributed by atoms with E-state index in [-0.39, 0.29) is 30.4 Å². The van der Waals surface area contributed by atoms with E-state index in [1.165, 1.54) is 15.9 Å². The molecule has 3 aromatic rings. The molecule has 36 heavy (non-hydrogen) atoms. The zero-order valence-corrected chi connectivity index (χ0v) is 24.2. The lowest BCUT2D eigenvalue weighted by molar-refractivity contribution is -0.537. The molecule has 0 aliphatic carbocycles. The molecule has 194 valence electrons. The first-order valence-electron chi connectivity index (χ1n) is 12.7. The van der Waals surface area contributed by atoms with Crippen molar-refractivity contribution in [3.05, 3.63) is 91.0 Å². The molecule has 1 aliphatic heterocycles. The van der Waals surface area contributed by atoms with Crippen LogP contribution in [0.2, 0.25) is 0 Å². The van der Waals surface area contributed by atoms with E-state index >= 15 is 0 Å². The Morgan fingerprint density at radius 3 is 1.44 bits per heavy atom. The van der Waals surface area contributed by atoms with Crippen LogP contribution < -0.4 is 28.3 Å². The van der Waals surface area contributed by atoms with Crippen molar-refractivity contribution in [2.45, 2.75) is 64.9 Å². The predicted molar refractivity (Wildman–Crippen MR) is 148 cm³/mol. The summed E-state index contributed by atoms with van der Waals surface area (Å²) >= 11 is 0. The van der Waals surface area contributed by atoms with E-state index in [4.69, 9.17) is 9.05 Å². The van der Waals surface area contributed by atoms with Crippen LogP contribution in [0, 0.1) is 0 Å². The quantitative estimate of drug-likeness (QED) is 0.405. The van der Waals surface area contributed by atoms with Crippen molar-refractivity contribution in [3.63, 3.8) is 0 Å². The largest absolute Gasteiger partial charge is 1.00 e. The number of halogens is 1. The summed E-state index contributed by atoms with van der Waals surface area (Å²) in [6.07, 6.45) is 2.45. The van der Waals surface area contributed by atoms with Crippen molar-refractivity contribution in [3.8, 4) is 0 Å². The Labute approximate surface area is 223 Å². The summed E-state index contributed by atoms with van der Waals surface area (Å²) in [4.78, 5) is 0. The molecule has 1 aliphatic rings. The van der Waals surface area contributed by atoms with Gasteiger partial charge < -0.3 is 21.5 Å². The van der Waals surface area contributed by atoms with Crippen molar-refractivity contribution in [2.24, 2.45) is 0 Å². The number of benzene rings is 3. The van der Waals surface area contributed by atoms with Gasteiger partial charge in [0.05, 0.1) is 12.2 Å². The monoisotopic (exact) mass is 545 g/mol. The Kier molecular flexibility index (Phi) is 10.2. The fraction of sp³-hybridized carbons (Fsp3) is 0.379. The standard InChI is InChI=1S/C29H38NO3P2.ClH/c1-24(2)32-35(31,33-25(3)4)29-22-14-15-23-30(29)34(26-16-8-5-9-17-26,27-18-10-6-11-19-27)28-20-12-7-13-21-28;/h5-13,16-21,24-25,29H,14-15,22-23H2,1-4H3;1H/q+1;/p-1/t29-;/m1./s1. The van der Waals surface area contributed by atoms with Crippen LogP contribution in [0.5, 0.6) is 0 Å². The highest BCUT2D eigenvalue weighted by atomic mass is 35.5. The topological polar surface area (TPSA) is 38.5 Å². The summed E-state index contributed by atoms with van der Waals surface area (Å²) in [6, 6.07) is 32.3. The molecule has 0 unspecified atom stereocenters. The fourth-order valence-corrected chi connectivity index (χ4v) is 13.0. The molecular formula is C29H38ClNO3P2. The molecule has 3 aromatic carbocycles. The van der Waals surface area contributed by atoms with Gasteiger partial charge in [-0.15, -0.1) is 0 Å². The molecule has 0 spiro atoms. The molecule has 4 rings (SSSR count). The summed E-state index contributed by atoms with van der Waals surface area (Å²) < 4.78 is 29.7. The van der Waals surface area contributed by atoms with Gasteiger partial charge >= 0.3 is 7.60 Å². The molecule has 0 amide bonds. The Morgan fingerprint density at radius 2 is 1.08 bits per heavy atom. The number of piperidine rings is 1. The second-order valence-corrected chi connectivity index (χ2v) is 15.1. The van der Waals surface area contributed by atoms with Gasteiger partial charge in [-0.2, -0.15) is 0 Å². The third-order valence-corrected chi connectivity index (χ3v) is 13.6. The van der Waals surface area contributed by atoms with E-state index in [2.05, 4.69) is 95.3 Å². The van der Waals surface area contributed by atoms with Gasteiger partial charge in [0.15, 0.2) is 7.05 Å². The van der Waals surface area contributed by atoms with Crippen LogP contribution in [0.1, 0.15) is 47.0 Å². The fourth-order valence-electron chi connectivity index (χ4n) is 5.15. The molecule has 0 saturated carbocycles. The lowest BCUT2D eigenvalue weighted by Crippen LogP contribution is -3.00. The Morgan fingerprint density at radius 1 is 0.694 bits per heavy atom. The zero-order chi connectivity index (χ0) is 24.9. The number of nitrogens with zero attached hydrogens (tertiary/aromatic N) is 1. The second-order valence-electron chi connectivity index (χ2n) is 9.63. The van der Waals surface area contributed by atoms with Gasteiger partial charge in [0.2, 0.25) is 5.78 Å². The van der Waals surface area contributed by atoms with E-state index in [0.717, 1.165) is 25.8 Å². The minimum Gasteiger partial charge on any atom is -1.00 e. The van der Waals surface area contributed by atoms with Gasteiger partial charge in [0, 0.05) is 28.8 Å². The van der Waals surface area contributed by atoms with Crippen molar-refractivity contribution >= 4 is 30.6 Å². The van der Waals surface area contributed by atoms with Crippen LogP contribution in [0.4, 0.5) is 0 Å². The molecule has 0 radical (unpaired) electrons. The molecule has 0 bridgehead atoms. The van der Waals surface area contributed by atoms with Crippen LogP contribution in [0.15, 0.2) is 91.0 Å². The Balaban J connectivity index is 0.00000361. The van der Waals surface area contributed by atoms with Gasteiger partial charge in [-0.25, -0.2) is 4.33 Å². The van der Waals surface area contributed by atoms with E-state index in [1.54, 1.807) is 0 Å². The van der Waals surface area contributed by atoms with Crippen LogP contribution in [-0.4, -0.2) is 28.9 Å². The SMILES string of the molecule is CC(C)OP(=O)(OC(C)C)[C@@H]1CCCC[N+]1=P(c1ccccc1)(c1ccccc1)c1ccccc1.[Cl-]. The lowest BCUT2D eigenvalue weighted by Gasteiger charge is -2.36. The number of rotatable bonds is 8. The molecule has 4 nitrogen and oxygen atoms in total. The average Bonchev–Trinajstić information content (AvgIpc) is 2.86. The first-order valence-corrected chi connectivity index (χ1v) is 16.0.